The van der Waals surface area contributed by atoms with Crippen molar-refractivity contribution in [3.63, 3.8) is 0 Å². The van der Waals surface area contributed by atoms with Crippen molar-refractivity contribution in [3.8, 4) is 11.3 Å². The van der Waals surface area contributed by atoms with Crippen LogP contribution in [0, 0.1) is 11.8 Å². The van der Waals surface area contributed by atoms with Gasteiger partial charge in [0.05, 0.1) is 18.1 Å². The van der Waals surface area contributed by atoms with Crippen molar-refractivity contribution in [2.75, 3.05) is 0 Å². The van der Waals surface area contributed by atoms with Crippen LogP contribution in [0.1, 0.15) is 55.6 Å². The van der Waals surface area contributed by atoms with Crippen molar-refractivity contribution >= 4 is 0 Å². The molecule has 3 heterocycles. The Morgan fingerprint density at radius 2 is 1.87 bits per heavy atom. The fourth-order valence-electron chi connectivity index (χ4n) is 4.63. The lowest BCUT2D eigenvalue weighted by Gasteiger charge is -2.28. The van der Waals surface area contributed by atoms with E-state index in [-0.39, 0.29) is 0 Å². The van der Waals surface area contributed by atoms with Crippen molar-refractivity contribution in [2.45, 2.75) is 64.0 Å². The number of aryl methyl sites for hydroxylation is 1. The number of nitrogens with one attached hydrogen (secondary N) is 2. The Labute approximate surface area is 177 Å². The zero-order valence-corrected chi connectivity index (χ0v) is 17.7. The number of aromatic nitrogens is 6. The van der Waals surface area contributed by atoms with Crippen molar-refractivity contribution in [3.05, 3.63) is 47.9 Å². The third-order valence-electron chi connectivity index (χ3n) is 6.69. The summed E-state index contributed by atoms with van der Waals surface area (Å²) < 4.78 is 2.02. The topological polar surface area (TPSA) is 84.3 Å². The Morgan fingerprint density at radius 3 is 2.63 bits per heavy atom. The molecule has 0 atom stereocenters. The monoisotopic (exact) mass is 405 g/mol. The first-order chi connectivity index (χ1) is 14.7. The average Bonchev–Trinajstić information content (AvgIpc) is 3.29. The molecule has 2 aliphatic rings. The summed E-state index contributed by atoms with van der Waals surface area (Å²) in [5.41, 5.74) is 4.74. The van der Waals surface area contributed by atoms with Gasteiger partial charge in [-0.15, -0.1) is 0 Å². The summed E-state index contributed by atoms with van der Waals surface area (Å²) in [5, 5.41) is 15.1. The van der Waals surface area contributed by atoms with Gasteiger partial charge < -0.3 is 5.32 Å². The average molecular weight is 406 g/mol. The second kappa shape index (κ2) is 8.68. The normalized spacial score (nSPS) is 21.8. The van der Waals surface area contributed by atoms with Crippen LogP contribution in [0.3, 0.4) is 0 Å². The first-order valence-corrected chi connectivity index (χ1v) is 11.3. The predicted molar refractivity (Wildman–Crippen MR) is 116 cm³/mol. The Kier molecular flexibility index (Phi) is 5.62. The molecule has 0 aliphatic heterocycles. The van der Waals surface area contributed by atoms with Crippen molar-refractivity contribution < 1.29 is 0 Å². The summed E-state index contributed by atoms with van der Waals surface area (Å²) >= 11 is 0. The highest BCUT2D eigenvalue weighted by Gasteiger charge is 2.26. The lowest BCUT2D eigenvalue weighted by molar-refractivity contribution is 0.287. The van der Waals surface area contributed by atoms with Crippen LogP contribution < -0.4 is 5.32 Å². The minimum atomic E-state index is 0.601. The van der Waals surface area contributed by atoms with Gasteiger partial charge >= 0.3 is 0 Å². The zero-order chi connectivity index (χ0) is 20.3. The molecule has 0 unspecified atom stereocenters. The smallest absolute Gasteiger partial charge is 0.129 e. The Morgan fingerprint density at radius 1 is 1.07 bits per heavy atom. The summed E-state index contributed by atoms with van der Waals surface area (Å²) in [6, 6.07) is 2.64. The molecule has 2 aliphatic carbocycles. The first-order valence-electron chi connectivity index (χ1n) is 11.3. The Hall–Kier alpha value is -2.54. The standard InChI is InChI=1S/C23H31N7/c1-30-22(10-16-2-3-16)20(15-28-30)21-8-9-24-23(29-21)11-17-4-6-19(7-5-17)25-12-18-13-26-27-14-18/h8-9,13-17,19,25H,2-7,10-12H2,1H3,(H,26,27). The maximum Gasteiger partial charge on any atom is 0.129 e. The molecule has 0 bridgehead atoms. The highest BCUT2D eigenvalue weighted by molar-refractivity contribution is 5.61. The molecule has 2 fully saturated rings. The van der Waals surface area contributed by atoms with Crippen LogP contribution in [0.25, 0.3) is 11.3 Å². The lowest BCUT2D eigenvalue weighted by Crippen LogP contribution is -2.33. The summed E-state index contributed by atoms with van der Waals surface area (Å²) in [5.74, 6) is 2.48. The lowest BCUT2D eigenvalue weighted by atomic mass is 9.84. The highest BCUT2D eigenvalue weighted by Crippen LogP contribution is 2.35. The maximum absolute atomic E-state index is 4.94. The van der Waals surface area contributed by atoms with Crippen molar-refractivity contribution in [2.24, 2.45) is 18.9 Å². The summed E-state index contributed by atoms with van der Waals surface area (Å²) in [6.45, 7) is 0.894. The molecule has 0 amide bonds. The summed E-state index contributed by atoms with van der Waals surface area (Å²) in [7, 11) is 2.04. The molecule has 30 heavy (non-hydrogen) atoms. The van der Waals surface area contributed by atoms with Crippen molar-refractivity contribution in [1.29, 1.82) is 0 Å². The molecule has 5 rings (SSSR count). The van der Waals surface area contributed by atoms with Crippen LogP contribution in [-0.4, -0.2) is 36.0 Å². The quantitative estimate of drug-likeness (QED) is 0.600. The van der Waals surface area contributed by atoms with E-state index in [2.05, 4.69) is 25.6 Å². The fourth-order valence-corrected chi connectivity index (χ4v) is 4.63. The maximum atomic E-state index is 4.94. The van der Waals surface area contributed by atoms with Gasteiger partial charge in [0.2, 0.25) is 0 Å². The van der Waals surface area contributed by atoms with Crippen LogP contribution >= 0.6 is 0 Å². The first kappa shape index (κ1) is 19.4. The molecular weight excluding hydrogens is 374 g/mol. The largest absolute Gasteiger partial charge is 0.310 e. The number of hydrogen-bond acceptors (Lipinski definition) is 5. The highest BCUT2D eigenvalue weighted by atomic mass is 15.3. The minimum Gasteiger partial charge on any atom is -0.310 e. The van der Waals surface area contributed by atoms with E-state index >= 15 is 0 Å². The zero-order valence-electron chi connectivity index (χ0n) is 17.7. The van der Waals surface area contributed by atoms with Crippen LogP contribution in [-0.2, 0) is 26.4 Å². The van der Waals surface area contributed by atoms with E-state index in [0.29, 0.717) is 12.0 Å². The third kappa shape index (κ3) is 4.61. The van der Waals surface area contributed by atoms with Gasteiger partial charge in [0.1, 0.15) is 5.82 Å². The molecular formula is C23H31N7. The fraction of sp³-hybridized carbons (Fsp3) is 0.565. The van der Waals surface area contributed by atoms with Crippen LogP contribution in [0.2, 0.25) is 0 Å². The molecule has 0 aromatic carbocycles. The van der Waals surface area contributed by atoms with Crippen LogP contribution in [0.5, 0.6) is 0 Å². The summed E-state index contributed by atoms with van der Waals surface area (Å²) in [6.07, 6.45) is 17.4. The van der Waals surface area contributed by atoms with E-state index in [1.807, 2.05) is 42.6 Å². The van der Waals surface area contributed by atoms with Crippen LogP contribution in [0.4, 0.5) is 0 Å². The second-order valence-corrected chi connectivity index (χ2v) is 9.04. The van der Waals surface area contributed by atoms with Gasteiger partial charge in [-0.1, -0.05) is 0 Å². The third-order valence-corrected chi connectivity index (χ3v) is 6.69. The molecule has 0 radical (unpaired) electrons. The molecule has 7 nitrogen and oxygen atoms in total. The molecule has 0 spiro atoms. The SMILES string of the molecule is Cn1ncc(-c2ccnc(CC3CCC(NCc4cn[nH]c4)CC3)n2)c1CC1CC1. The van der Waals surface area contributed by atoms with Gasteiger partial charge in [-0.3, -0.25) is 9.78 Å². The number of H-pyrrole nitrogens is 1. The second-order valence-electron chi connectivity index (χ2n) is 9.04. The molecule has 2 saturated carbocycles. The molecule has 2 N–H and O–H groups in total. The Bertz CT molecular complexity index is 950. The molecule has 3 aromatic rings. The van der Waals surface area contributed by atoms with E-state index in [1.54, 1.807) is 0 Å². The van der Waals surface area contributed by atoms with E-state index in [0.717, 1.165) is 36.8 Å². The van der Waals surface area contributed by atoms with Gasteiger partial charge in [0, 0.05) is 55.3 Å². The number of rotatable bonds is 8. The molecule has 158 valence electrons. The van der Waals surface area contributed by atoms with Gasteiger partial charge in [0.15, 0.2) is 0 Å². The van der Waals surface area contributed by atoms with Gasteiger partial charge in [0.25, 0.3) is 0 Å². The number of hydrogen-bond donors (Lipinski definition) is 2. The van der Waals surface area contributed by atoms with Gasteiger partial charge in [-0.25, -0.2) is 9.97 Å². The van der Waals surface area contributed by atoms with Crippen molar-refractivity contribution in [1.82, 2.24) is 35.3 Å². The Balaban J connectivity index is 1.18. The van der Waals surface area contributed by atoms with E-state index in [9.17, 15) is 0 Å². The molecule has 0 saturated heterocycles. The van der Waals surface area contributed by atoms with E-state index in [4.69, 9.17) is 4.98 Å². The predicted octanol–water partition coefficient (Wildman–Crippen LogP) is 3.44. The number of nitrogens with zero attached hydrogens (tertiary/aromatic N) is 5. The number of aromatic amines is 1. The van der Waals surface area contributed by atoms with E-state index < -0.39 is 0 Å². The van der Waals surface area contributed by atoms with Gasteiger partial charge in [-0.05, 0) is 62.8 Å². The van der Waals surface area contributed by atoms with Crippen LogP contribution in [0.15, 0.2) is 30.9 Å². The summed E-state index contributed by atoms with van der Waals surface area (Å²) in [4.78, 5) is 9.53. The minimum absolute atomic E-state index is 0.601. The van der Waals surface area contributed by atoms with Gasteiger partial charge in [-0.2, -0.15) is 10.2 Å². The van der Waals surface area contributed by atoms with E-state index in [1.165, 1.54) is 55.3 Å². The molecule has 3 aromatic heterocycles. The molecule has 7 heteroatoms.